The number of fused-ring (bicyclic) bond motifs is 1. The van der Waals surface area contributed by atoms with Crippen molar-refractivity contribution in [2.24, 2.45) is 5.16 Å². The fourth-order valence-corrected chi connectivity index (χ4v) is 4.42. The van der Waals surface area contributed by atoms with E-state index in [1.807, 2.05) is 42.8 Å². The molecule has 3 aromatic rings. The van der Waals surface area contributed by atoms with E-state index in [0.29, 0.717) is 18.7 Å². The third-order valence-electron chi connectivity index (χ3n) is 6.46. The van der Waals surface area contributed by atoms with E-state index in [1.54, 1.807) is 12.4 Å². The maximum atomic E-state index is 13.4. The molecule has 3 N–H and O–H groups in total. The molecule has 0 aliphatic heterocycles. The van der Waals surface area contributed by atoms with Crippen molar-refractivity contribution in [2.45, 2.75) is 71.5 Å². The molecule has 2 heterocycles. The van der Waals surface area contributed by atoms with E-state index in [2.05, 4.69) is 32.8 Å². The summed E-state index contributed by atoms with van der Waals surface area (Å²) in [5.74, 6) is 0.628. The molecular formula is C26H34N6O3. The Bertz CT molecular complexity index is 1180. The highest BCUT2D eigenvalue weighted by Gasteiger charge is 2.24. The lowest BCUT2D eigenvalue weighted by atomic mass is 9.93. The molecule has 1 saturated carbocycles. The Labute approximate surface area is 205 Å². The lowest BCUT2D eigenvalue weighted by Crippen LogP contribution is -2.30. The average molecular weight is 479 g/mol. The molecule has 35 heavy (non-hydrogen) atoms. The fourth-order valence-electron chi connectivity index (χ4n) is 4.42. The van der Waals surface area contributed by atoms with Crippen LogP contribution < -0.4 is 15.4 Å². The third kappa shape index (κ3) is 5.55. The van der Waals surface area contributed by atoms with E-state index < -0.39 is 0 Å². The van der Waals surface area contributed by atoms with E-state index in [1.165, 1.54) is 0 Å². The predicted octanol–water partition coefficient (Wildman–Crippen LogP) is 4.92. The summed E-state index contributed by atoms with van der Waals surface area (Å²) in [6, 6.07) is 7.79. The minimum atomic E-state index is -0.196. The minimum absolute atomic E-state index is 0.163. The van der Waals surface area contributed by atoms with Crippen molar-refractivity contribution >= 4 is 28.3 Å². The zero-order valence-corrected chi connectivity index (χ0v) is 20.6. The van der Waals surface area contributed by atoms with Crippen LogP contribution in [0.5, 0.6) is 5.75 Å². The molecule has 9 heteroatoms. The maximum absolute atomic E-state index is 13.4. The number of carbonyl (C=O) groups is 1. The standard InChI is InChI=1S/C26H34N6O3/c1-4-14-35-21-12-6-18(7-13-21)17(3)29-26(33)23-15-27-25-22(16-28-32(25)5-2)24(23)30-19-8-10-20(31-34)11-9-19/h6-7,12-13,15-17,19,34H,4-5,8-11,14H2,1-3H3,(H,27,30)(H,29,33). The Balaban J connectivity index is 1.56. The van der Waals surface area contributed by atoms with Gasteiger partial charge in [0.1, 0.15) is 5.75 Å². The molecule has 2 aromatic heterocycles. The predicted molar refractivity (Wildman–Crippen MR) is 136 cm³/mol. The molecule has 186 valence electrons. The summed E-state index contributed by atoms with van der Waals surface area (Å²) in [5.41, 5.74) is 3.80. The first-order chi connectivity index (χ1) is 17.0. The topological polar surface area (TPSA) is 114 Å². The summed E-state index contributed by atoms with van der Waals surface area (Å²) in [6.07, 6.45) is 7.47. The SMILES string of the molecule is CCCOc1ccc(C(C)NC(=O)c2cnc3c(cnn3CC)c2NC2CCC(=NO)CC2)cc1. The highest BCUT2D eigenvalue weighted by molar-refractivity contribution is 6.06. The number of benzene rings is 1. The van der Waals surface area contributed by atoms with Gasteiger partial charge in [-0.05, 0) is 63.6 Å². The van der Waals surface area contributed by atoms with Crippen LogP contribution in [-0.2, 0) is 6.54 Å². The first-order valence-corrected chi connectivity index (χ1v) is 12.4. The van der Waals surface area contributed by atoms with Gasteiger partial charge < -0.3 is 20.6 Å². The summed E-state index contributed by atoms with van der Waals surface area (Å²) in [4.78, 5) is 18.0. The number of oxime groups is 1. The normalized spacial score (nSPS) is 16.7. The zero-order valence-electron chi connectivity index (χ0n) is 20.6. The molecule has 1 aromatic carbocycles. The smallest absolute Gasteiger partial charge is 0.255 e. The summed E-state index contributed by atoms with van der Waals surface area (Å²) >= 11 is 0. The Kier molecular flexibility index (Phi) is 7.84. The minimum Gasteiger partial charge on any atom is -0.494 e. The van der Waals surface area contributed by atoms with Gasteiger partial charge in [0.15, 0.2) is 5.65 Å². The van der Waals surface area contributed by atoms with Crippen molar-refractivity contribution in [1.29, 1.82) is 0 Å². The monoisotopic (exact) mass is 478 g/mol. The van der Waals surface area contributed by atoms with Gasteiger partial charge in [0, 0.05) is 18.8 Å². The van der Waals surface area contributed by atoms with Crippen LogP contribution in [0.2, 0.25) is 0 Å². The van der Waals surface area contributed by atoms with E-state index in [4.69, 9.17) is 9.94 Å². The van der Waals surface area contributed by atoms with Crippen LogP contribution in [0.15, 0.2) is 41.8 Å². The second-order valence-corrected chi connectivity index (χ2v) is 8.94. The van der Waals surface area contributed by atoms with Crippen molar-refractivity contribution in [1.82, 2.24) is 20.1 Å². The number of aromatic nitrogens is 3. The molecule has 0 bridgehead atoms. The van der Waals surface area contributed by atoms with Gasteiger partial charge in [-0.15, -0.1) is 0 Å². The summed E-state index contributed by atoms with van der Waals surface area (Å²) in [7, 11) is 0. The second kappa shape index (κ2) is 11.2. The average Bonchev–Trinajstić information content (AvgIpc) is 3.32. The van der Waals surface area contributed by atoms with Gasteiger partial charge in [-0.2, -0.15) is 5.10 Å². The highest BCUT2D eigenvalue weighted by Crippen LogP contribution is 2.30. The highest BCUT2D eigenvalue weighted by atomic mass is 16.5. The number of pyridine rings is 1. The first-order valence-electron chi connectivity index (χ1n) is 12.4. The van der Waals surface area contributed by atoms with Crippen molar-refractivity contribution < 1.29 is 14.7 Å². The van der Waals surface area contributed by atoms with Gasteiger partial charge in [0.25, 0.3) is 5.91 Å². The van der Waals surface area contributed by atoms with Crippen LogP contribution in [0.25, 0.3) is 11.0 Å². The molecule has 1 aliphatic rings. The largest absolute Gasteiger partial charge is 0.494 e. The third-order valence-corrected chi connectivity index (χ3v) is 6.46. The molecule has 1 amide bonds. The van der Waals surface area contributed by atoms with Gasteiger partial charge >= 0.3 is 0 Å². The molecule has 1 fully saturated rings. The van der Waals surface area contributed by atoms with Crippen molar-refractivity contribution in [3.63, 3.8) is 0 Å². The van der Waals surface area contributed by atoms with Crippen LogP contribution in [-0.4, -0.2) is 44.2 Å². The van der Waals surface area contributed by atoms with Crippen LogP contribution in [0.3, 0.4) is 0 Å². The molecule has 1 aliphatic carbocycles. The number of amides is 1. The molecule has 0 radical (unpaired) electrons. The number of ether oxygens (including phenoxy) is 1. The van der Waals surface area contributed by atoms with Crippen molar-refractivity contribution in [3.8, 4) is 5.75 Å². The quantitative estimate of drug-likeness (QED) is 0.297. The number of rotatable bonds is 9. The fraction of sp³-hybridized carbons (Fsp3) is 0.462. The van der Waals surface area contributed by atoms with Gasteiger partial charge in [-0.3, -0.25) is 4.79 Å². The number of anilines is 1. The van der Waals surface area contributed by atoms with E-state index in [-0.39, 0.29) is 18.0 Å². The Hall–Kier alpha value is -3.62. The molecular weight excluding hydrogens is 444 g/mol. The molecule has 0 saturated heterocycles. The van der Waals surface area contributed by atoms with E-state index >= 15 is 0 Å². The van der Waals surface area contributed by atoms with Crippen LogP contribution in [0.4, 0.5) is 5.69 Å². The molecule has 4 rings (SSSR count). The summed E-state index contributed by atoms with van der Waals surface area (Å²) in [6.45, 7) is 7.42. The Morgan fingerprint density at radius 1 is 1.23 bits per heavy atom. The van der Waals surface area contributed by atoms with Gasteiger partial charge in [0.05, 0.1) is 41.2 Å². The van der Waals surface area contributed by atoms with Crippen LogP contribution >= 0.6 is 0 Å². The molecule has 1 unspecified atom stereocenters. The molecule has 1 atom stereocenters. The van der Waals surface area contributed by atoms with E-state index in [0.717, 1.165) is 65.8 Å². The van der Waals surface area contributed by atoms with Gasteiger partial charge in [-0.25, -0.2) is 9.67 Å². The Morgan fingerprint density at radius 2 is 1.97 bits per heavy atom. The van der Waals surface area contributed by atoms with Crippen LogP contribution in [0, 0.1) is 0 Å². The van der Waals surface area contributed by atoms with Crippen molar-refractivity contribution in [3.05, 3.63) is 47.8 Å². The van der Waals surface area contributed by atoms with Crippen LogP contribution in [0.1, 0.15) is 74.8 Å². The van der Waals surface area contributed by atoms with E-state index in [9.17, 15) is 4.79 Å². The number of nitrogens with zero attached hydrogens (tertiary/aromatic N) is 4. The van der Waals surface area contributed by atoms with Gasteiger partial charge in [-0.1, -0.05) is 24.2 Å². The van der Waals surface area contributed by atoms with Gasteiger partial charge in [0.2, 0.25) is 0 Å². The Morgan fingerprint density at radius 3 is 2.63 bits per heavy atom. The summed E-state index contributed by atoms with van der Waals surface area (Å²) in [5, 5.41) is 24.4. The number of hydrogen-bond acceptors (Lipinski definition) is 7. The zero-order chi connectivity index (χ0) is 24.8. The van der Waals surface area contributed by atoms with Crippen molar-refractivity contribution in [2.75, 3.05) is 11.9 Å². The lowest BCUT2D eigenvalue weighted by Gasteiger charge is -2.26. The number of nitrogens with one attached hydrogen (secondary N) is 2. The lowest BCUT2D eigenvalue weighted by molar-refractivity contribution is 0.0940. The second-order valence-electron chi connectivity index (χ2n) is 8.94. The number of carbonyl (C=O) groups excluding carboxylic acids is 1. The summed E-state index contributed by atoms with van der Waals surface area (Å²) < 4.78 is 7.48. The maximum Gasteiger partial charge on any atom is 0.255 e. The first kappa shape index (κ1) is 24.5. The molecule has 0 spiro atoms. The number of aryl methyl sites for hydroxylation is 1. The molecule has 9 nitrogen and oxygen atoms in total. The number of hydrogen-bond donors (Lipinski definition) is 3.